The number of hydrogen-bond acceptors (Lipinski definition) is 3. The largest absolute Gasteiger partial charge is 0.380 e. The van der Waals surface area contributed by atoms with Crippen LogP contribution in [-0.2, 0) is 4.74 Å². The molecular weight excluding hydrogens is 388 g/mol. The molecule has 182 valence electrons. The number of aliphatic hydroxyl groups excluding tert-OH is 1. The molecule has 0 aliphatic heterocycles. The lowest BCUT2D eigenvalue weighted by atomic mass is 10.0. The fourth-order valence-corrected chi connectivity index (χ4v) is 4.39. The van der Waals surface area contributed by atoms with Gasteiger partial charge in [-0.2, -0.15) is 0 Å². The molecule has 0 aromatic carbocycles. The lowest BCUT2D eigenvalue weighted by molar-refractivity contribution is -0.00796. The van der Waals surface area contributed by atoms with Crippen molar-refractivity contribution in [1.29, 1.82) is 0 Å². The monoisotopic (exact) mass is 444 g/mol. The van der Waals surface area contributed by atoms with Gasteiger partial charge in [-0.15, -0.1) is 12.6 Å². The Morgan fingerprint density at radius 3 is 1.23 bits per heavy atom. The van der Waals surface area contributed by atoms with Crippen molar-refractivity contribution in [2.24, 2.45) is 0 Å². The van der Waals surface area contributed by atoms with Gasteiger partial charge in [0.2, 0.25) is 0 Å². The lowest BCUT2D eigenvalue weighted by Gasteiger charge is -2.20. The highest BCUT2D eigenvalue weighted by Gasteiger charge is 2.15. The third-order valence-electron chi connectivity index (χ3n) is 6.25. The van der Waals surface area contributed by atoms with Crippen LogP contribution in [0, 0.1) is 0 Å². The Hall–Kier alpha value is 0.270. The molecule has 0 aromatic rings. The molecule has 0 amide bonds. The number of thiol groups is 1. The van der Waals surface area contributed by atoms with Crippen LogP contribution in [0.5, 0.6) is 0 Å². The van der Waals surface area contributed by atoms with E-state index in [9.17, 15) is 5.11 Å². The Kier molecular flexibility index (Phi) is 25.8. The van der Waals surface area contributed by atoms with Gasteiger partial charge < -0.3 is 9.84 Å². The molecule has 0 aliphatic carbocycles. The highest BCUT2D eigenvalue weighted by atomic mass is 32.1. The van der Waals surface area contributed by atoms with Crippen LogP contribution in [0.2, 0.25) is 0 Å². The van der Waals surface area contributed by atoms with E-state index in [4.69, 9.17) is 4.74 Å². The summed E-state index contributed by atoms with van der Waals surface area (Å²) in [6.45, 7) is 5.33. The van der Waals surface area contributed by atoms with E-state index in [1.807, 2.05) is 0 Å². The SMILES string of the molecule is CCCCCCCCCCCCCC(OCCCCCCCCCCCC)C(O)S. The molecule has 0 bridgehead atoms. The number of ether oxygens (including phenoxy) is 1. The minimum absolute atomic E-state index is 0.0922. The van der Waals surface area contributed by atoms with Crippen LogP contribution in [0.4, 0.5) is 0 Å². The second-order valence-corrected chi connectivity index (χ2v) is 9.86. The van der Waals surface area contributed by atoms with Gasteiger partial charge in [-0.1, -0.05) is 142 Å². The molecular formula is C27H56O2S. The van der Waals surface area contributed by atoms with Gasteiger partial charge in [-0.25, -0.2) is 0 Å². The summed E-state index contributed by atoms with van der Waals surface area (Å²) in [5.74, 6) is 0. The normalized spacial score (nSPS) is 13.6. The van der Waals surface area contributed by atoms with E-state index < -0.39 is 5.44 Å². The predicted molar refractivity (Wildman–Crippen MR) is 138 cm³/mol. The van der Waals surface area contributed by atoms with Gasteiger partial charge in [0.05, 0.1) is 6.10 Å². The molecule has 0 aromatic heterocycles. The summed E-state index contributed by atoms with van der Waals surface area (Å²) in [4.78, 5) is 0. The molecule has 2 atom stereocenters. The molecule has 0 saturated heterocycles. The van der Waals surface area contributed by atoms with Crippen molar-refractivity contribution < 1.29 is 9.84 Å². The molecule has 0 spiro atoms. The van der Waals surface area contributed by atoms with Crippen LogP contribution in [0.25, 0.3) is 0 Å². The van der Waals surface area contributed by atoms with Crippen molar-refractivity contribution in [3.8, 4) is 0 Å². The smallest absolute Gasteiger partial charge is 0.123 e. The number of aliphatic hydroxyl groups is 1. The Morgan fingerprint density at radius 2 is 0.867 bits per heavy atom. The Balaban J connectivity index is 3.42. The maximum absolute atomic E-state index is 9.87. The van der Waals surface area contributed by atoms with E-state index >= 15 is 0 Å². The molecule has 0 fully saturated rings. The van der Waals surface area contributed by atoms with Crippen molar-refractivity contribution in [2.75, 3.05) is 6.61 Å². The molecule has 0 saturated carbocycles. The van der Waals surface area contributed by atoms with E-state index in [0.29, 0.717) is 0 Å². The third kappa shape index (κ3) is 22.9. The Bertz CT molecular complexity index is 283. The van der Waals surface area contributed by atoms with Crippen LogP contribution in [0.3, 0.4) is 0 Å². The average Bonchev–Trinajstić information content (AvgIpc) is 2.74. The first-order valence-electron chi connectivity index (χ1n) is 13.7. The van der Waals surface area contributed by atoms with E-state index in [2.05, 4.69) is 26.5 Å². The van der Waals surface area contributed by atoms with Crippen LogP contribution in [0.1, 0.15) is 155 Å². The van der Waals surface area contributed by atoms with Gasteiger partial charge in [0.25, 0.3) is 0 Å². The van der Waals surface area contributed by atoms with Gasteiger partial charge in [-0.3, -0.25) is 0 Å². The summed E-state index contributed by atoms with van der Waals surface area (Å²) in [6, 6.07) is 0. The molecule has 0 aliphatic rings. The molecule has 3 heteroatoms. The maximum atomic E-state index is 9.87. The number of rotatable bonds is 25. The summed E-state index contributed by atoms with van der Waals surface area (Å²) >= 11 is 4.24. The minimum Gasteiger partial charge on any atom is -0.380 e. The first kappa shape index (κ1) is 30.3. The third-order valence-corrected chi connectivity index (χ3v) is 6.59. The number of hydrogen-bond donors (Lipinski definition) is 2. The van der Waals surface area contributed by atoms with Crippen molar-refractivity contribution in [3.63, 3.8) is 0 Å². The molecule has 0 radical (unpaired) electrons. The average molecular weight is 445 g/mol. The zero-order valence-electron chi connectivity index (χ0n) is 20.7. The van der Waals surface area contributed by atoms with Gasteiger partial charge in [0.1, 0.15) is 5.44 Å². The standard InChI is InChI=1S/C27H56O2S/c1-3-5-7-9-11-13-15-16-18-20-22-24-26(27(28)30)29-25-23-21-19-17-14-12-10-8-6-4-2/h26-28,30H,3-25H2,1-2H3. The molecule has 2 unspecified atom stereocenters. The van der Waals surface area contributed by atoms with E-state index in [0.717, 1.165) is 25.9 Å². The van der Waals surface area contributed by atoms with E-state index in [-0.39, 0.29) is 6.10 Å². The van der Waals surface area contributed by atoms with Gasteiger partial charge in [0, 0.05) is 6.61 Å². The van der Waals surface area contributed by atoms with Crippen molar-refractivity contribution >= 4 is 12.6 Å². The summed E-state index contributed by atoms with van der Waals surface area (Å²) in [5.41, 5.74) is -0.642. The van der Waals surface area contributed by atoms with Crippen LogP contribution < -0.4 is 0 Å². The van der Waals surface area contributed by atoms with Crippen LogP contribution >= 0.6 is 12.6 Å². The van der Waals surface area contributed by atoms with Crippen LogP contribution in [0.15, 0.2) is 0 Å². The molecule has 30 heavy (non-hydrogen) atoms. The van der Waals surface area contributed by atoms with Gasteiger partial charge >= 0.3 is 0 Å². The van der Waals surface area contributed by atoms with E-state index in [1.165, 1.54) is 122 Å². The second-order valence-electron chi connectivity index (χ2n) is 9.33. The zero-order chi connectivity index (χ0) is 22.1. The minimum atomic E-state index is -0.642. The fourth-order valence-electron chi connectivity index (χ4n) is 4.15. The van der Waals surface area contributed by atoms with Crippen molar-refractivity contribution in [3.05, 3.63) is 0 Å². The lowest BCUT2D eigenvalue weighted by Crippen LogP contribution is -2.25. The molecule has 0 rings (SSSR count). The predicted octanol–water partition coefficient (Wildman–Crippen LogP) is 9.24. The quantitative estimate of drug-likeness (QED) is 0.0834. The van der Waals surface area contributed by atoms with E-state index in [1.54, 1.807) is 0 Å². The topological polar surface area (TPSA) is 29.5 Å². The van der Waals surface area contributed by atoms with Crippen molar-refractivity contribution in [2.45, 2.75) is 167 Å². The first-order valence-corrected chi connectivity index (χ1v) is 14.2. The molecule has 1 N–H and O–H groups in total. The first-order chi connectivity index (χ1) is 14.7. The summed E-state index contributed by atoms with van der Waals surface area (Å²) in [5, 5.41) is 9.87. The van der Waals surface area contributed by atoms with Crippen molar-refractivity contribution in [1.82, 2.24) is 0 Å². The summed E-state index contributed by atoms with van der Waals surface area (Å²) in [6.07, 6.45) is 29.2. The Labute approximate surface area is 195 Å². The highest BCUT2D eigenvalue weighted by molar-refractivity contribution is 7.80. The fraction of sp³-hybridized carbons (Fsp3) is 1.00. The second kappa shape index (κ2) is 25.5. The molecule has 2 nitrogen and oxygen atoms in total. The Morgan fingerprint density at radius 1 is 0.533 bits per heavy atom. The zero-order valence-corrected chi connectivity index (χ0v) is 21.6. The number of unbranched alkanes of at least 4 members (excludes halogenated alkanes) is 19. The summed E-state index contributed by atoms with van der Waals surface area (Å²) < 4.78 is 5.94. The van der Waals surface area contributed by atoms with Gasteiger partial charge in [0.15, 0.2) is 0 Å². The van der Waals surface area contributed by atoms with Gasteiger partial charge in [-0.05, 0) is 12.8 Å². The molecule has 0 heterocycles. The van der Waals surface area contributed by atoms with Crippen LogP contribution in [-0.4, -0.2) is 23.3 Å². The maximum Gasteiger partial charge on any atom is 0.123 e. The summed E-state index contributed by atoms with van der Waals surface area (Å²) in [7, 11) is 0. The highest BCUT2D eigenvalue weighted by Crippen LogP contribution is 2.17.